The van der Waals surface area contributed by atoms with E-state index in [1.165, 1.54) is 23.2 Å². The first-order valence-electron chi connectivity index (χ1n) is 8.07. The van der Waals surface area contributed by atoms with E-state index in [0.29, 0.717) is 11.5 Å². The number of aryl methyl sites for hydroxylation is 1. The van der Waals surface area contributed by atoms with Crippen molar-refractivity contribution in [3.05, 3.63) is 52.8 Å². The van der Waals surface area contributed by atoms with Crippen LogP contribution in [-0.4, -0.2) is 38.8 Å². The zero-order chi connectivity index (χ0) is 16.4. The molecule has 0 radical (unpaired) electrons. The third-order valence-corrected chi connectivity index (χ3v) is 4.87. The lowest BCUT2D eigenvalue weighted by Gasteiger charge is -2.33. The number of hydrogen-bond acceptors (Lipinski definition) is 3. The quantitative estimate of drug-likeness (QED) is 0.943. The molecule has 5 heteroatoms. The van der Waals surface area contributed by atoms with Crippen LogP contribution < -0.4 is 0 Å². The SMILES string of the molecule is Cc1c(CN2CCC[C@@H](c3ccc(C(=O)O)cc3)C2)cnn1C. The monoisotopic (exact) mass is 313 g/mol. The van der Waals surface area contributed by atoms with Crippen LogP contribution in [0.15, 0.2) is 30.5 Å². The third kappa shape index (κ3) is 3.45. The predicted molar refractivity (Wildman–Crippen MR) is 88.6 cm³/mol. The van der Waals surface area contributed by atoms with Crippen molar-refractivity contribution >= 4 is 5.97 Å². The summed E-state index contributed by atoms with van der Waals surface area (Å²) in [4.78, 5) is 13.4. The summed E-state index contributed by atoms with van der Waals surface area (Å²) in [5.74, 6) is -0.391. The van der Waals surface area contributed by atoms with Crippen molar-refractivity contribution in [1.82, 2.24) is 14.7 Å². The topological polar surface area (TPSA) is 58.4 Å². The number of carboxylic acids is 1. The van der Waals surface area contributed by atoms with E-state index in [9.17, 15) is 4.79 Å². The number of hydrogen-bond donors (Lipinski definition) is 1. The first kappa shape index (κ1) is 15.7. The van der Waals surface area contributed by atoms with Crippen molar-refractivity contribution < 1.29 is 9.90 Å². The molecule has 1 aliphatic rings. The number of piperidine rings is 1. The molecule has 0 spiro atoms. The van der Waals surface area contributed by atoms with Crippen LogP contribution in [0.3, 0.4) is 0 Å². The summed E-state index contributed by atoms with van der Waals surface area (Å²) < 4.78 is 1.92. The maximum Gasteiger partial charge on any atom is 0.335 e. The first-order valence-corrected chi connectivity index (χ1v) is 8.07. The van der Waals surface area contributed by atoms with Gasteiger partial charge in [0.15, 0.2) is 0 Å². The van der Waals surface area contributed by atoms with Crippen LogP contribution in [0.5, 0.6) is 0 Å². The lowest BCUT2D eigenvalue weighted by Crippen LogP contribution is -2.34. The van der Waals surface area contributed by atoms with Gasteiger partial charge in [0.1, 0.15) is 0 Å². The fraction of sp³-hybridized carbons (Fsp3) is 0.444. The molecule has 23 heavy (non-hydrogen) atoms. The number of benzene rings is 1. The molecule has 0 bridgehead atoms. The summed E-state index contributed by atoms with van der Waals surface area (Å²) >= 11 is 0. The van der Waals surface area contributed by atoms with Gasteiger partial charge >= 0.3 is 5.97 Å². The Morgan fingerprint density at radius 1 is 1.35 bits per heavy atom. The number of aromatic nitrogens is 2. The zero-order valence-corrected chi connectivity index (χ0v) is 13.7. The van der Waals surface area contributed by atoms with E-state index in [-0.39, 0.29) is 0 Å². The van der Waals surface area contributed by atoms with Gasteiger partial charge in [-0.05, 0) is 49.9 Å². The fourth-order valence-electron chi connectivity index (χ4n) is 3.31. The molecule has 1 saturated heterocycles. The molecular formula is C18H23N3O2. The van der Waals surface area contributed by atoms with Crippen molar-refractivity contribution in [2.75, 3.05) is 13.1 Å². The van der Waals surface area contributed by atoms with E-state index < -0.39 is 5.97 Å². The molecule has 1 N–H and O–H groups in total. The number of carbonyl (C=O) groups is 1. The van der Waals surface area contributed by atoms with Gasteiger partial charge in [-0.3, -0.25) is 9.58 Å². The second kappa shape index (κ2) is 6.54. The van der Waals surface area contributed by atoms with Crippen LogP contribution >= 0.6 is 0 Å². The van der Waals surface area contributed by atoms with Gasteiger partial charge in [-0.1, -0.05) is 12.1 Å². The first-order chi connectivity index (χ1) is 11.0. The predicted octanol–water partition coefficient (Wildman–Crippen LogP) is 2.81. The lowest BCUT2D eigenvalue weighted by atomic mass is 9.90. The Morgan fingerprint density at radius 2 is 2.09 bits per heavy atom. The van der Waals surface area contributed by atoms with Gasteiger partial charge < -0.3 is 5.11 Å². The average molecular weight is 313 g/mol. The molecule has 1 fully saturated rings. The minimum absolute atomic E-state index is 0.354. The highest BCUT2D eigenvalue weighted by Gasteiger charge is 2.22. The third-order valence-electron chi connectivity index (χ3n) is 4.87. The van der Waals surface area contributed by atoms with E-state index in [1.54, 1.807) is 12.1 Å². The Bertz CT molecular complexity index is 691. The standard InChI is InChI=1S/C18H23N3O2/c1-13-17(10-19-20(13)2)12-21-9-3-4-16(11-21)14-5-7-15(8-6-14)18(22)23/h5-8,10,16H,3-4,9,11-12H2,1-2H3,(H,22,23)/t16-/m1/s1. The highest BCUT2D eigenvalue weighted by molar-refractivity contribution is 5.87. The molecule has 2 heterocycles. The van der Waals surface area contributed by atoms with Crippen LogP contribution in [0.25, 0.3) is 0 Å². The summed E-state index contributed by atoms with van der Waals surface area (Å²) in [7, 11) is 1.97. The van der Waals surface area contributed by atoms with Gasteiger partial charge in [0.05, 0.1) is 11.8 Å². The summed E-state index contributed by atoms with van der Waals surface area (Å²) in [5, 5.41) is 13.3. The Balaban J connectivity index is 1.68. The van der Waals surface area contributed by atoms with Crippen molar-refractivity contribution in [2.24, 2.45) is 7.05 Å². The smallest absolute Gasteiger partial charge is 0.335 e. The summed E-state index contributed by atoms with van der Waals surface area (Å²) in [6.45, 7) is 5.16. The molecule has 3 rings (SSSR count). The molecular weight excluding hydrogens is 290 g/mol. The van der Waals surface area contributed by atoms with Gasteiger partial charge in [0, 0.05) is 31.4 Å². The molecule has 1 aliphatic heterocycles. The Morgan fingerprint density at radius 3 is 2.70 bits per heavy atom. The minimum Gasteiger partial charge on any atom is -0.478 e. The Labute approximate surface area is 136 Å². The van der Waals surface area contributed by atoms with Gasteiger partial charge in [-0.15, -0.1) is 0 Å². The van der Waals surface area contributed by atoms with Gasteiger partial charge in [0.2, 0.25) is 0 Å². The van der Waals surface area contributed by atoms with E-state index in [2.05, 4.69) is 16.9 Å². The lowest BCUT2D eigenvalue weighted by molar-refractivity contribution is 0.0697. The highest BCUT2D eigenvalue weighted by Crippen LogP contribution is 2.28. The molecule has 1 atom stereocenters. The van der Waals surface area contributed by atoms with Crippen LogP contribution in [0, 0.1) is 6.92 Å². The van der Waals surface area contributed by atoms with Crippen LogP contribution in [-0.2, 0) is 13.6 Å². The highest BCUT2D eigenvalue weighted by atomic mass is 16.4. The number of carboxylic acid groups (broad SMARTS) is 1. The zero-order valence-electron chi connectivity index (χ0n) is 13.7. The number of nitrogens with zero attached hydrogens (tertiary/aromatic N) is 3. The summed E-state index contributed by atoms with van der Waals surface area (Å²) in [6.07, 6.45) is 4.29. The molecule has 1 aromatic heterocycles. The van der Waals surface area contributed by atoms with Crippen LogP contribution in [0.2, 0.25) is 0 Å². The molecule has 2 aromatic rings. The second-order valence-corrected chi connectivity index (χ2v) is 6.38. The number of rotatable bonds is 4. The van der Waals surface area contributed by atoms with E-state index in [4.69, 9.17) is 5.11 Å². The van der Waals surface area contributed by atoms with Crippen LogP contribution in [0.1, 0.15) is 45.9 Å². The fourth-order valence-corrected chi connectivity index (χ4v) is 3.31. The van der Waals surface area contributed by atoms with Gasteiger partial charge in [-0.25, -0.2) is 4.79 Å². The molecule has 0 aliphatic carbocycles. The van der Waals surface area contributed by atoms with Crippen molar-refractivity contribution in [1.29, 1.82) is 0 Å². The minimum atomic E-state index is -0.867. The Hall–Kier alpha value is -2.14. The van der Waals surface area contributed by atoms with E-state index >= 15 is 0 Å². The second-order valence-electron chi connectivity index (χ2n) is 6.38. The van der Waals surface area contributed by atoms with Crippen molar-refractivity contribution in [3.63, 3.8) is 0 Å². The molecule has 122 valence electrons. The molecule has 0 saturated carbocycles. The molecule has 5 nitrogen and oxygen atoms in total. The van der Waals surface area contributed by atoms with E-state index in [1.807, 2.05) is 30.1 Å². The Kier molecular flexibility index (Phi) is 4.48. The normalized spacial score (nSPS) is 19.0. The van der Waals surface area contributed by atoms with Gasteiger partial charge in [-0.2, -0.15) is 5.10 Å². The van der Waals surface area contributed by atoms with E-state index in [0.717, 1.165) is 26.1 Å². The maximum atomic E-state index is 11.0. The average Bonchev–Trinajstić information content (AvgIpc) is 2.87. The van der Waals surface area contributed by atoms with Crippen LogP contribution in [0.4, 0.5) is 0 Å². The van der Waals surface area contributed by atoms with Crippen molar-refractivity contribution in [3.8, 4) is 0 Å². The maximum absolute atomic E-state index is 11.0. The van der Waals surface area contributed by atoms with Crippen molar-refractivity contribution in [2.45, 2.75) is 32.2 Å². The molecule has 1 aromatic carbocycles. The summed E-state index contributed by atoms with van der Waals surface area (Å²) in [6, 6.07) is 7.35. The largest absolute Gasteiger partial charge is 0.478 e. The molecule has 0 amide bonds. The number of aromatic carboxylic acids is 1. The summed E-state index contributed by atoms with van der Waals surface area (Å²) in [5.41, 5.74) is 4.10. The number of likely N-dealkylation sites (tertiary alicyclic amines) is 1. The molecule has 0 unspecified atom stereocenters. The van der Waals surface area contributed by atoms with Gasteiger partial charge in [0.25, 0.3) is 0 Å².